The van der Waals surface area contributed by atoms with Crippen molar-refractivity contribution in [3.8, 4) is 11.3 Å². The van der Waals surface area contributed by atoms with Crippen molar-refractivity contribution in [1.82, 2.24) is 24.5 Å². The van der Waals surface area contributed by atoms with Gasteiger partial charge in [0, 0.05) is 30.9 Å². The number of nitrogens with zero attached hydrogens (tertiary/aromatic N) is 5. The van der Waals surface area contributed by atoms with Crippen LogP contribution in [0.1, 0.15) is 36.0 Å². The maximum atomic E-state index is 13.0. The Labute approximate surface area is 162 Å². The first-order valence-corrected chi connectivity index (χ1v) is 9.32. The van der Waals surface area contributed by atoms with Crippen LogP contribution in [0.5, 0.6) is 0 Å². The number of pyridine rings is 1. The van der Waals surface area contributed by atoms with Crippen LogP contribution in [-0.4, -0.2) is 36.9 Å². The number of benzene rings is 1. The van der Waals surface area contributed by atoms with Crippen LogP contribution < -0.4 is 0 Å². The third-order valence-corrected chi connectivity index (χ3v) is 4.57. The van der Waals surface area contributed by atoms with Gasteiger partial charge < -0.3 is 13.7 Å². The fraction of sp³-hybridized carbons (Fsp3) is 0.238. The zero-order valence-electron chi connectivity index (χ0n) is 15.9. The van der Waals surface area contributed by atoms with Crippen LogP contribution >= 0.6 is 0 Å². The van der Waals surface area contributed by atoms with E-state index in [1.54, 1.807) is 11.0 Å². The molecule has 0 N–H and O–H groups in total. The average molecular weight is 375 g/mol. The van der Waals surface area contributed by atoms with Crippen molar-refractivity contribution in [2.75, 3.05) is 6.54 Å². The molecule has 1 aromatic carbocycles. The molecule has 28 heavy (non-hydrogen) atoms. The van der Waals surface area contributed by atoms with E-state index in [-0.39, 0.29) is 5.91 Å². The number of carbonyl (C=O) groups excluding carboxylic acids is 1. The first kappa shape index (κ1) is 17.9. The maximum absolute atomic E-state index is 13.0. The Kier molecular flexibility index (Phi) is 4.89. The molecule has 0 saturated carbocycles. The van der Waals surface area contributed by atoms with Crippen LogP contribution in [0.4, 0.5) is 0 Å². The van der Waals surface area contributed by atoms with Gasteiger partial charge in [-0.25, -0.2) is 4.98 Å². The molecule has 0 unspecified atom stereocenters. The van der Waals surface area contributed by atoms with Crippen LogP contribution in [0.25, 0.3) is 16.9 Å². The highest BCUT2D eigenvalue weighted by Crippen LogP contribution is 2.19. The summed E-state index contributed by atoms with van der Waals surface area (Å²) in [6.45, 7) is 4.71. The minimum Gasteiger partial charge on any atom is -0.423 e. The number of hydrogen-bond donors (Lipinski definition) is 0. The predicted octanol–water partition coefficient (Wildman–Crippen LogP) is 3.61. The summed E-state index contributed by atoms with van der Waals surface area (Å²) in [6.07, 6.45) is 4.42. The highest BCUT2D eigenvalue weighted by Gasteiger charge is 2.18. The molecule has 7 nitrogen and oxygen atoms in total. The van der Waals surface area contributed by atoms with E-state index in [4.69, 9.17) is 4.42 Å². The normalized spacial score (nSPS) is 11.1. The molecule has 0 aliphatic rings. The van der Waals surface area contributed by atoms with Gasteiger partial charge in [0.05, 0.1) is 17.8 Å². The molecule has 0 saturated heterocycles. The average Bonchev–Trinajstić information content (AvgIpc) is 3.38. The van der Waals surface area contributed by atoms with Gasteiger partial charge in [-0.3, -0.25) is 4.79 Å². The summed E-state index contributed by atoms with van der Waals surface area (Å²) in [7, 11) is 0. The molecule has 4 aromatic rings. The van der Waals surface area contributed by atoms with Crippen molar-refractivity contribution in [2.45, 2.75) is 26.8 Å². The van der Waals surface area contributed by atoms with Crippen molar-refractivity contribution in [1.29, 1.82) is 0 Å². The third kappa shape index (κ3) is 3.51. The molecule has 1 amide bonds. The Bertz CT molecular complexity index is 1100. The van der Waals surface area contributed by atoms with Crippen LogP contribution in [0.15, 0.2) is 59.3 Å². The highest BCUT2D eigenvalue weighted by atomic mass is 16.4. The molecule has 0 bridgehead atoms. The van der Waals surface area contributed by atoms with Crippen molar-refractivity contribution >= 4 is 11.6 Å². The van der Waals surface area contributed by atoms with Gasteiger partial charge in [0.2, 0.25) is 11.8 Å². The number of fused-ring (bicyclic) bond motifs is 1. The molecule has 0 fully saturated rings. The number of aromatic nitrogens is 4. The van der Waals surface area contributed by atoms with Crippen LogP contribution in [0, 0.1) is 0 Å². The first-order chi connectivity index (χ1) is 13.7. The molecule has 142 valence electrons. The lowest BCUT2D eigenvalue weighted by Crippen LogP contribution is -2.30. The molecule has 0 radical (unpaired) electrons. The predicted molar refractivity (Wildman–Crippen MR) is 105 cm³/mol. The minimum absolute atomic E-state index is 0.0874. The van der Waals surface area contributed by atoms with E-state index in [1.807, 2.05) is 67.0 Å². The second-order valence-corrected chi connectivity index (χ2v) is 6.44. The lowest BCUT2D eigenvalue weighted by molar-refractivity contribution is 0.0737. The summed E-state index contributed by atoms with van der Waals surface area (Å²) < 4.78 is 7.42. The fourth-order valence-electron chi connectivity index (χ4n) is 3.03. The van der Waals surface area contributed by atoms with Crippen LogP contribution in [0.3, 0.4) is 0 Å². The Morgan fingerprint density at radius 2 is 1.82 bits per heavy atom. The lowest BCUT2D eigenvalue weighted by Gasteiger charge is -2.18. The standard InChI is InChI=1S/C21H21N5O2/c1-3-19-23-24-20(28-19)14-25(4-2)21(27)16-10-11-18-22-17(13-26(18)12-16)15-8-6-5-7-9-15/h5-13H,3-4,14H2,1-2H3. The molecule has 0 aliphatic carbocycles. The number of amides is 1. The van der Waals surface area contributed by atoms with E-state index >= 15 is 0 Å². The second kappa shape index (κ2) is 7.64. The Hall–Kier alpha value is -3.48. The van der Waals surface area contributed by atoms with Gasteiger partial charge in [0.15, 0.2) is 0 Å². The highest BCUT2D eigenvalue weighted by molar-refractivity contribution is 5.94. The van der Waals surface area contributed by atoms with Gasteiger partial charge in [-0.05, 0) is 19.1 Å². The maximum Gasteiger partial charge on any atom is 0.255 e. The van der Waals surface area contributed by atoms with E-state index < -0.39 is 0 Å². The van der Waals surface area contributed by atoms with Gasteiger partial charge in [-0.1, -0.05) is 37.3 Å². The molecule has 3 aromatic heterocycles. The molecule has 0 atom stereocenters. The largest absolute Gasteiger partial charge is 0.423 e. The second-order valence-electron chi connectivity index (χ2n) is 6.44. The summed E-state index contributed by atoms with van der Waals surface area (Å²) in [4.78, 5) is 19.3. The lowest BCUT2D eigenvalue weighted by atomic mass is 10.2. The van der Waals surface area contributed by atoms with E-state index in [2.05, 4.69) is 15.2 Å². The molecule has 3 heterocycles. The summed E-state index contributed by atoms with van der Waals surface area (Å²) in [5.74, 6) is 0.935. The molecular formula is C21H21N5O2. The molecule has 7 heteroatoms. The third-order valence-electron chi connectivity index (χ3n) is 4.57. The van der Waals surface area contributed by atoms with Gasteiger partial charge >= 0.3 is 0 Å². The number of aryl methyl sites for hydroxylation is 1. The van der Waals surface area contributed by atoms with Crippen LogP contribution in [-0.2, 0) is 13.0 Å². The Balaban J connectivity index is 1.59. The van der Waals surface area contributed by atoms with E-state index in [0.717, 1.165) is 16.9 Å². The van der Waals surface area contributed by atoms with E-state index in [1.165, 1.54) is 0 Å². The van der Waals surface area contributed by atoms with Crippen molar-refractivity contribution in [3.63, 3.8) is 0 Å². The van der Waals surface area contributed by atoms with Crippen molar-refractivity contribution in [2.24, 2.45) is 0 Å². The molecule has 4 rings (SSSR count). The summed E-state index contributed by atoms with van der Waals surface area (Å²) >= 11 is 0. The van der Waals surface area contributed by atoms with Crippen molar-refractivity contribution < 1.29 is 9.21 Å². The number of carbonyl (C=O) groups is 1. The number of imidazole rings is 1. The van der Waals surface area contributed by atoms with Gasteiger partial charge in [0.25, 0.3) is 5.91 Å². The number of hydrogen-bond acceptors (Lipinski definition) is 5. The van der Waals surface area contributed by atoms with Crippen molar-refractivity contribution in [3.05, 3.63) is 72.2 Å². The zero-order chi connectivity index (χ0) is 19.5. The number of rotatable bonds is 6. The molecule has 0 spiro atoms. The van der Waals surface area contributed by atoms with E-state index in [0.29, 0.717) is 36.9 Å². The SMILES string of the molecule is CCc1nnc(CN(CC)C(=O)c2ccc3nc(-c4ccccc4)cn3c2)o1. The van der Waals surface area contributed by atoms with Crippen LogP contribution in [0.2, 0.25) is 0 Å². The van der Waals surface area contributed by atoms with Gasteiger partial charge in [-0.15, -0.1) is 10.2 Å². The summed E-state index contributed by atoms with van der Waals surface area (Å²) in [6, 6.07) is 13.6. The first-order valence-electron chi connectivity index (χ1n) is 9.32. The fourth-order valence-corrected chi connectivity index (χ4v) is 3.03. The van der Waals surface area contributed by atoms with E-state index in [9.17, 15) is 4.79 Å². The summed E-state index contributed by atoms with van der Waals surface area (Å²) in [5, 5.41) is 7.97. The topological polar surface area (TPSA) is 76.5 Å². The smallest absolute Gasteiger partial charge is 0.255 e. The minimum atomic E-state index is -0.0874. The van der Waals surface area contributed by atoms with Gasteiger partial charge in [0.1, 0.15) is 5.65 Å². The summed E-state index contributed by atoms with van der Waals surface area (Å²) in [5.41, 5.74) is 3.29. The Morgan fingerprint density at radius 3 is 2.54 bits per heavy atom. The Morgan fingerprint density at radius 1 is 1.04 bits per heavy atom. The molecule has 0 aliphatic heterocycles. The van der Waals surface area contributed by atoms with Gasteiger partial charge in [-0.2, -0.15) is 0 Å². The molecular weight excluding hydrogens is 354 g/mol. The zero-order valence-corrected chi connectivity index (χ0v) is 15.9. The quantitative estimate of drug-likeness (QED) is 0.514. The monoisotopic (exact) mass is 375 g/mol.